The van der Waals surface area contributed by atoms with Gasteiger partial charge in [-0.05, 0) is 110 Å². The number of benzene rings is 12. The Balaban J connectivity index is 0.642. The number of rotatable bonds is 11. The molecule has 5 aromatic heterocycles. The second-order valence-electron chi connectivity index (χ2n) is 22.5. The summed E-state index contributed by atoms with van der Waals surface area (Å²) in [6.07, 6.45) is 3.88. The molecule has 12 aromatic carbocycles. The number of nitrogens with zero attached hydrogens (tertiary/aromatic N) is 7. The van der Waals surface area contributed by atoms with E-state index in [1.807, 2.05) is 114 Å². The molecule has 5 heterocycles. The van der Waals surface area contributed by atoms with Crippen LogP contribution in [0.15, 0.2) is 298 Å². The minimum Gasteiger partial charge on any atom is -0.263 e. The highest BCUT2D eigenvalue weighted by Gasteiger charge is 2.18. The van der Waals surface area contributed by atoms with E-state index in [2.05, 4.69) is 206 Å². The average Bonchev–Trinajstić information content (AvgIpc) is 1.87. The zero-order chi connectivity index (χ0) is 59.5. The van der Waals surface area contributed by atoms with Gasteiger partial charge >= 0.3 is 0 Å². The smallest absolute Gasteiger partial charge is 0.164 e. The molecule has 17 rings (SSSR count). The van der Waals surface area contributed by atoms with Crippen molar-refractivity contribution in [3.63, 3.8) is 0 Å². The molecule has 0 N–H and O–H groups in total. The first-order chi connectivity index (χ1) is 44.5. The van der Waals surface area contributed by atoms with Gasteiger partial charge in [0.1, 0.15) is 0 Å². The third-order valence-corrected chi connectivity index (χ3v) is 19.2. The maximum absolute atomic E-state index is 5.19. The normalized spacial score (nSPS) is 11.6. The first-order valence-corrected chi connectivity index (χ1v) is 31.5. The highest BCUT2D eigenvalue weighted by molar-refractivity contribution is 7.26. The van der Waals surface area contributed by atoms with Crippen molar-refractivity contribution in [1.82, 2.24) is 34.9 Å². The van der Waals surface area contributed by atoms with Crippen LogP contribution in [-0.4, -0.2) is 34.9 Å². The lowest BCUT2D eigenvalue weighted by Gasteiger charge is -2.11. The Hall–Kier alpha value is -11.5. The van der Waals surface area contributed by atoms with E-state index in [0.29, 0.717) is 34.9 Å². The standard InChI is InChI=1S/C81H49N7S2/c1-4-14-52(15-5-1)76-83-77(53-16-6-2-7-17-53)85-79(84-76)55-30-26-50(27-31-55)65-45-66(49-82-48-65)63-39-41-74-71(47-63)69-24-13-23-67(75(69)90-74)51-28-32-56(33-29-51)80-86-78(54-18-8-3-9-19-54)87-81(88-80)64-37-36-60-43-59(34-35-61(60)44-64)57-20-12-21-58(42-57)62-38-40-73-70(46-62)68-22-10-11-25-72(68)89-73/h1-49H. The monoisotopic (exact) mass is 1180 g/mol. The fraction of sp³-hybridized carbons (Fsp3) is 0. The molecule has 9 heteroatoms. The summed E-state index contributed by atoms with van der Waals surface area (Å²) in [5, 5.41) is 7.30. The third-order valence-electron chi connectivity index (χ3n) is 16.9. The van der Waals surface area contributed by atoms with Gasteiger partial charge in [0, 0.05) is 97.2 Å². The molecule has 7 nitrogen and oxygen atoms in total. The first-order valence-electron chi connectivity index (χ1n) is 29.9. The van der Waals surface area contributed by atoms with E-state index in [-0.39, 0.29) is 0 Å². The largest absolute Gasteiger partial charge is 0.263 e. The average molecular weight is 1180 g/mol. The Kier molecular flexibility index (Phi) is 13.1. The van der Waals surface area contributed by atoms with E-state index in [4.69, 9.17) is 34.9 Å². The number of aromatic nitrogens is 7. The summed E-state index contributed by atoms with van der Waals surface area (Å²) in [7, 11) is 0. The lowest BCUT2D eigenvalue weighted by Crippen LogP contribution is -2.00. The molecular formula is C81H49N7S2. The van der Waals surface area contributed by atoms with Crippen LogP contribution in [0.4, 0.5) is 0 Å². The highest BCUT2D eigenvalue weighted by atomic mass is 32.1. The van der Waals surface area contributed by atoms with Gasteiger partial charge in [-0.1, -0.05) is 231 Å². The molecule has 0 aliphatic carbocycles. The van der Waals surface area contributed by atoms with Crippen molar-refractivity contribution in [2.45, 2.75) is 0 Å². The van der Waals surface area contributed by atoms with Crippen molar-refractivity contribution in [2.75, 3.05) is 0 Å². The van der Waals surface area contributed by atoms with Gasteiger partial charge in [0.2, 0.25) is 0 Å². The number of hydrogen-bond acceptors (Lipinski definition) is 9. The quantitative estimate of drug-likeness (QED) is 0.127. The van der Waals surface area contributed by atoms with Gasteiger partial charge in [-0.25, -0.2) is 29.9 Å². The second-order valence-corrected chi connectivity index (χ2v) is 24.6. The van der Waals surface area contributed by atoms with E-state index in [9.17, 15) is 0 Å². The molecular weight excluding hydrogens is 1140 g/mol. The first kappa shape index (κ1) is 52.8. The van der Waals surface area contributed by atoms with Crippen LogP contribution in [0.3, 0.4) is 0 Å². The Morgan fingerprint density at radius 1 is 0.200 bits per heavy atom. The van der Waals surface area contributed by atoms with Crippen LogP contribution in [-0.2, 0) is 0 Å². The molecule has 0 unspecified atom stereocenters. The Bertz CT molecular complexity index is 5530. The molecule has 0 fully saturated rings. The zero-order valence-electron chi connectivity index (χ0n) is 48.2. The fourth-order valence-corrected chi connectivity index (χ4v) is 14.5. The molecule has 0 saturated heterocycles. The summed E-state index contributed by atoms with van der Waals surface area (Å²) in [4.78, 5) is 34.9. The Morgan fingerprint density at radius 2 is 0.556 bits per heavy atom. The van der Waals surface area contributed by atoms with E-state index < -0.39 is 0 Å². The highest BCUT2D eigenvalue weighted by Crippen LogP contribution is 2.43. The summed E-state index contributed by atoms with van der Waals surface area (Å²) in [6.45, 7) is 0. The van der Waals surface area contributed by atoms with Crippen LogP contribution in [0, 0.1) is 0 Å². The summed E-state index contributed by atoms with van der Waals surface area (Å²) in [5.74, 6) is 3.75. The van der Waals surface area contributed by atoms with Gasteiger partial charge in [0.05, 0.1) is 0 Å². The third kappa shape index (κ3) is 9.94. The predicted octanol–water partition coefficient (Wildman–Crippen LogP) is 21.7. The van der Waals surface area contributed by atoms with Crippen molar-refractivity contribution in [3.05, 3.63) is 298 Å². The lowest BCUT2D eigenvalue weighted by molar-refractivity contribution is 1.07. The van der Waals surface area contributed by atoms with Gasteiger partial charge in [-0.15, -0.1) is 22.7 Å². The van der Waals surface area contributed by atoms with Crippen molar-refractivity contribution >= 4 is 73.8 Å². The summed E-state index contributed by atoms with van der Waals surface area (Å²) in [5.41, 5.74) is 16.8. The molecule has 0 radical (unpaired) electrons. The number of thiophene rings is 2. The van der Waals surface area contributed by atoms with Crippen LogP contribution >= 0.6 is 22.7 Å². The summed E-state index contributed by atoms with van der Waals surface area (Å²) in [6, 6.07) is 101. The van der Waals surface area contributed by atoms with Crippen LogP contribution in [0.2, 0.25) is 0 Å². The molecule has 17 aromatic rings. The maximum Gasteiger partial charge on any atom is 0.164 e. The fourth-order valence-electron chi connectivity index (χ4n) is 12.2. The number of fused-ring (bicyclic) bond motifs is 7. The van der Waals surface area contributed by atoms with Gasteiger partial charge in [0.15, 0.2) is 34.9 Å². The van der Waals surface area contributed by atoms with E-state index >= 15 is 0 Å². The van der Waals surface area contributed by atoms with Gasteiger partial charge in [-0.3, -0.25) is 4.98 Å². The molecule has 0 saturated carbocycles. The van der Waals surface area contributed by atoms with Crippen molar-refractivity contribution in [3.8, 4) is 124 Å². The molecule has 420 valence electrons. The molecule has 0 aliphatic heterocycles. The number of pyridine rings is 1. The lowest BCUT2D eigenvalue weighted by atomic mass is 9.96. The molecule has 0 spiro atoms. The molecule has 0 bridgehead atoms. The molecule has 90 heavy (non-hydrogen) atoms. The topological polar surface area (TPSA) is 90.2 Å². The van der Waals surface area contributed by atoms with E-state index in [1.54, 1.807) is 0 Å². The maximum atomic E-state index is 5.19. The minimum absolute atomic E-state index is 0.616. The van der Waals surface area contributed by atoms with Crippen LogP contribution < -0.4 is 0 Å². The van der Waals surface area contributed by atoms with Crippen LogP contribution in [0.25, 0.3) is 175 Å². The van der Waals surface area contributed by atoms with Gasteiger partial charge in [0.25, 0.3) is 0 Å². The van der Waals surface area contributed by atoms with Crippen molar-refractivity contribution in [2.24, 2.45) is 0 Å². The van der Waals surface area contributed by atoms with Gasteiger partial charge in [-0.2, -0.15) is 0 Å². The second kappa shape index (κ2) is 22.3. The van der Waals surface area contributed by atoms with Crippen LogP contribution in [0.5, 0.6) is 0 Å². The summed E-state index contributed by atoms with van der Waals surface area (Å²) >= 11 is 3.67. The van der Waals surface area contributed by atoms with Crippen molar-refractivity contribution in [1.29, 1.82) is 0 Å². The van der Waals surface area contributed by atoms with E-state index in [0.717, 1.165) is 72.0 Å². The Labute approximate surface area is 526 Å². The minimum atomic E-state index is 0.616. The Morgan fingerprint density at radius 3 is 1.14 bits per heavy atom. The molecule has 0 aliphatic rings. The SMILES string of the molecule is c1ccc(-c2nc(-c3ccccc3)nc(-c3ccc(-c4cncc(-c5ccc6sc7c(-c8ccc(-c9nc(-c%10ccccc%10)nc(-c%10ccc%11cc(-c%12cccc(-c%13ccc%14sc%15ccccc%15c%14c%13)c%12)ccc%11c%10)n9)cc8)cccc7c6c5)c4)cc3)n2)cc1. The predicted molar refractivity (Wildman–Crippen MR) is 374 cm³/mol. The number of hydrogen-bond donors (Lipinski definition) is 0. The zero-order valence-corrected chi connectivity index (χ0v) is 49.9. The van der Waals surface area contributed by atoms with Crippen molar-refractivity contribution < 1.29 is 0 Å². The molecule has 0 atom stereocenters. The molecule has 0 amide bonds. The summed E-state index contributed by atoms with van der Waals surface area (Å²) < 4.78 is 5.09. The van der Waals surface area contributed by atoms with Crippen LogP contribution in [0.1, 0.15) is 0 Å². The van der Waals surface area contributed by atoms with E-state index in [1.165, 1.54) is 68.2 Å². The van der Waals surface area contributed by atoms with Gasteiger partial charge < -0.3 is 0 Å².